The van der Waals surface area contributed by atoms with Gasteiger partial charge in [0.15, 0.2) is 0 Å². The SMILES string of the molecule is CCCS(=O)(=O)Nc1cc(-c2ccc(=O)n(C)c2)nc(Oc2c(C)sc(C)c2C)n1. The number of sulfonamides is 1. The summed E-state index contributed by atoms with van der Waals surface area (Å²) in [7, 11) is -1.91. The van der Waals surface area contributed by atoms with Crippen molar-refractivity contribution in [3.05, 3.63) is 50.1 Å². The number of rotatable bonds is 7. The van der Waals surface area contributed by atoms with Crippen LogP contribution in [0.3, 0.4) is 0 Å². The van der Waals surface area contributed by atoms with Crippen LogP contribution in [0.5, 0.6) is 11.8 Å². The topological polar surface area (TPSA) is 103 Å². The first-order valence-corrected chi connectivity index (χ1v) is 11.9. The van der Waals surface area contributed by atoms with E-state index in [1.807, 2.05) is 20.8 Å². The highest BCUT2D eigenvalue weighted by Crippen LogP contribution is 2.36. The minimum atomic E-state index is -3.55. The highest BCUT2D eigenvalue weighted by molar-refractivity contribution is 7.92. The molecule has 0 fully saturated rings. The summed E-state index contributed by atoms with van der Waals surface area (Å²) in [5, 5.41) is 0. The van der Waals surface area contributed by atoms with Crippen LogP contribution in [0.2, 0.25) is 0 Å². The average molecular weight is 449 g/mol. The van der Waals surface area contributed by atoms with Crippen LogP contribution in [-0.2, 0) is 17.1 Å². The number of hydrogen-bond acceptors (Lipinski definition) is 7. The Morgan fingerprint density at radius 1 is 1.17 bits per heavy atom. The lowest BCUT2D eigenvalue weighted by atomic mass is 10.2. The number of ether oxygens (including phenoxy) is 1. The van der Waals surface area contributed by atoms with Gasteiger partial charge in [0, 0.05) is 46.3 Å². The molecule has 10 heteroatoms. The molecule has 0 atom stereocenters. The molecular formula is C20H24N4O4S2. The van der Waals surface area contributed by atoms with Crippen LogP contribution in [-0.4, -0.2) is 28.7 Å². The second-order valence-corrected chi connectivity index (χ2v) is 10.3. The van der Waals surface area contributed by atoms with E-state index in [1.54, 1.807) is 37.6 Å². The van der Waals surface area contributed by atoms with E-state index in [1.165, 1.54) is 16.7 Å². The Morgan fingerprint density at radius 2 is 1.90 bits per heavy atom. The molecule has 0 aliphatic rings. The monoisotopic (exact) mass is 448 g/mol. The highest BCUT2D eigenvalue weighted by atomic mass is 32.2. The number of anilines is 1. The van der Waals surface area contributed by atoms with E-state index in [2.05, 4.69) is 14.7 Å². The minimum absolute atomic E-state index is 0.0235. The van der Waals surface area contributed by atoms with Crippen LogP contribution >= 0.6 is 11.3 Å². The Bertz CT molecular complexity index is 1250. The third kappa shape index (κ3) is 4.88. The Hall–Kier alpha value is -2.72. The van der Waals surface area contributed by atoms with E-state index in [0.29, 0.717) is 23.4 Å². The molecule has 8 nitrogen and oxygen atoms in total. The molecule has 0 spiro atoms. The van der Waals surface area contributed by atoms with E-state index in [-0.39, 0.29) is 23.1 Å². The van der Waals surface area contributed by atoms with Gasteiger partial charge in [0.1, 0.15) is 11.6 Å². The summed E-state index contributed by atoms with van der Waals surface area (Å²) in [6.07, 6.45) is 2.11. The largest absolute Gasteiger partial charge is 0.423 e. The number of aryl methyl sites for hydroxylation is 3. The van der Waals surface area contributed by atoms with Gasteiger partial charge in [0.25, 0.3) is 0 Å². The number of thiophene rings is 1. The van der Waals surface area contributed by atoms with Gasteiger partial charge < -0.3 is 9.30 Å². The van der Waals surface area contributed by atoms with Crippen molar-refractivity contribution in [3.63, 3.8) is 0 Å². The second kappa shape index (κ2) is 8.57. The first-order chi connectivity index (χ1) is 14.1. The van der Waals surface area contributed by atoms with Gasteiger partial charge >= 0.3 is 6.01 Å². The zero-order chi connectivity index (χ0) is 22.1. The molecule has 0 aliphatic heterocycles. The van der Waals surface area contributed by atoms with Crippen LogP contribution < -0.4 is 15.0 Å². The van der Waals surface area contributed by atoms with Crippen molar-refractivity contribution in [2.24, 2.45) is 7.05 Å². The molecule has 0 unspecified atom stereocenters. The lowest BCUT2D eigenvalue weighted by Crippen LogP contribution is -2.17. The molecule has 3 rings (SSSR count). The van der Waals surface area contributed by atoms with Gasteiger partial charge in [-0.15, -0.1) is 11.3 Å². The Morgan fingerprint density at radius 3 is 2.50 bits per heavy atom. The van der Waals surface area contributed by atoms with E-state index >= 15 is 0 Å². The van der Waals surface area contributed by atoms with Gasteiger partial charge in [-0.2, -0.15) is 9.97 Å². The smallest absolute Gasteiger partial charge is 0.324 e. The van der Waals surface area contributed by atoms with Crippen molar-refractivity contribution in [3.8, 4) is 23.0 Å². The quantitative estimate of drug-likeness (QED) is 0.590. The molecule has 0 radical (unpaired) electrons. The molecule has 30 heavy (non-hydrogen) atoms. The third-order valence-corrected chi connectivity index (χ3v) is 7.08. The fourth-order valence-corrected chi connectivity index (χ4v) is 4.97. The molecule has 0 aliphatic carbocycles. The Kier molecular flexibility index (Phi) is 6.27. The summed E-state index contributed by atoms with van der Waals surface area (Å²) in [4.78, 5) is 22.6. The Labute approximate surface area is 179 Å². The molecule has 1 N–H and O–H groups in total. The lowest BCUT2D eigenvalue weighted by molar-refractivity contribution is 0.439. The molecule has 0 bridgehead atoms. The zero-order valence-corrected chi connectivity index (χ0v) is 19.1. The maximum atomic E-state index is 12.3. The van der Waals surface area contributed by atoms with Gasteiger partial charge in [-0.3, -0.25) is 9.52 Å². The predicted octanol–water partition coefficient (Wildman–Crippen LogP) is 3.77. The first kappa shape index (κ1) is 22.0. The van der Waals surface area contributed by atoms with Crippen LogP contribution in [0.25, 0.3) is 11.3 Å². The maximum absolute atomic E-state index is 12.3. The van der Waals surface area contributed by atoms with Crippen LogP contribution in [0.4, 0.5) is 5.82 Å². The molecule has 3 aromatic rings. The predicted molar refractivity (Wildman–Crippen MR) is 119 cm³/mol. The van der Waals surface area contributed by atoms with Gasteiger partial charge in [-0.05, 0) is 33.3 Å². The average Bonchev–Trinajstić information content (AvgIpc) is 2.89. The number of pyridine rings is 1. The van der Waals surface area contributed by atoms with Crippen molar-refractivity contribution in [1.29, 1.82) is 0 Å². The molecule has 0 saturated carbocycles. The maximum Gasteiger partial charge on any atom is 0.324 e. The fourth-order valence-electron chi connectivity index (χ4n) is 2.91. The van der Waals surface area contributed by atoms with Crippen LogP contribution in [0.1, 0.15) is 28.7 Å². The molecule has 0 amide bonds. The number of nitrogens with zero attached hydrogens (tertiary/aromatic N) is 3. The van der Waals surface area contributed by atoms with E-state index in [0.717, 1.165) is 15.3 Å². The standard InChI is InChI=1S/C20H24N4O4S2/c1-6-9-30(26,27)23-17-10-16(15-7-8-18(25)24(5)11-15)21-20(22-17)28-19-12(2)13(3)29-14(19)4/h7-8,10-11H,6,9H2,1-5H3,(H,21,22,23). The summed E-state index contributed by atoms with van der Waals surface area (Å²) in [6, 6.07) is 4.61. The third-order valence-electron chi connectivity index (χ3n) is 4.51. The highest BCUT2D eigenvalue weighted by Gasteiger charge is 2.17. The lowest BCUT2D eigenvalue weighted by Gasteiger charge is -2.12. The van der Waals surface area contributed by atoms with Crippen LogP contribution in [0, 0.1) is 20.8 Å². The molecule has 0 saturated heterocycles. The number of hydrogen-bond donors (Lipinski definition) is 1. The van der Waals surface area contributed by atoms with Gasteiger partial charge in [0.2, 0.25) is 15.6 Å². The first-order valence-electron chi connectivity index (χ1n) is 9.40. The van der Waals surface area contributed by atoms with Crippen molar-refractivity contribution in [2.75, 3.05) is 10.5 Å². The van der Waals surface area contributed by atoms with Gasteiger partial charge in [-0.25, -0.2) is 8.42 Å². The minimum Gasteiger partial charge on any atom is -0.423 e. The van der Waals surface area contributed by atoms with Crippen molar-refractivity contribution < 1.29 is 13.2 Å². The van der Waals surface area contributed by atoms with Crippen molar-refractivity contribution in [2.45, 2.75) is 34.1 Å². The molecule has 3 heterocycles. The van der Waals surface area contributed by atoms with E-state index in [4.69, 9.17) is 4.74 Å². The zero-order valence-electron chi connectivity index (χ0n) is 17.5. The molecule has 0 aromatic carbocycles. The summed E-state index contributed by atoms with van der Waals surface area (Å²) in [5.41, 5.74) is 1.90. The van der Waals surface area contributed by atoms with Crippen molar-refractivity contribution in [1.82, 2.24) is 14.5 Å². The van der Waals surface area contributed by atoms with Crippen LogP contribution in [0.15, 0.2) is 29.2 Å². The fraction of sp³-hybridized carbons (Fsp3) is 0.350. The summed E-state index contributed by atoms with van der Waals surface area (Å²) in [6.45, 7) is 7.69. The second-order valence-electron chi connectivity index (χ2n) is 6.98. The molecule has 3 aromatic heterocycles. The van der Waals surface area contributed by atoms with Gasteiger partial charge in [0.05, 0.1) is 11.4 Å². The van der Waals surface area contributed by atoms with Crippen molar-refractivity contribution >= 4 is 27.2 Å². The molecular weight excluding hydrogens is 424 g/mol. The number of nitrogens with one attached hydrogen (secondary N) is 1. The summed E-state index contributed by atoms with van der Waals surface area (Å²) < 4.78 is 34.4. The summed E-state index contributed by atoms with van der Waals surface area (Å²) in [5.74, 6) is 0.752. The van der Waals surface area contributed by atoms with Gasteiger partial charge in [-0.1, -0.05) is 6.92 Å². The Balaban J connectivity index is 2.09. The normalized spacial score (nSPS) is 11.5. The summed E-state index contributed by atoms with van der Waals surface area (Å²) >= 11 is 1.61. The molecule has 160 valence electrons. The van der Waals surface area contributed by atoms with E-state index in [9.17, 15) is 13.2 Å². The number of aromatic nitrogens is 3. The van der Waals surface area contributed by atoms with E-state index < -0.39 is 10.0 Å².